The molecule has 0 fully saturated rings. The summed E-state index contributed by atoms with van der Waals surface area (Å²) in [5.41, 5.74) is 0. The predicted octanol–water partition coefficient (Wildman–Crippen LogP) is 2.19. The second kappa shape index (κ2) is 6.44. The molecular weight excluding hydrogens is 188 g/mol. The van der Waals surface area contributed by atoms with E-state index in [1.807, 2.05) is 6.07 Å². The third-order valence-corrected chi connectivity index (χ3v) is 2.81. The summed E-state index contributed by atoms with van der Waals surface area (Å²) in [5, 5.41) is 11.4. The van der Waals surface area contributed by atoms with E-state index in [1.165, 1.54) is 0 Å². The summed E-state index contributed by atoms with van der Waals surface area (Å²) in [6.45, 7) is 10.9. The van der Waals surface area contributed by atoms with Gasteiger partial charge < -0.3 is 5.32 Å². The van der Waals surface area contributed by atoms with Gasteiger partial charge in [0.1, 0.15) is 5.92 Å². The minimum Gasteiger partial charge on any atom is -0.355 e. The standard InChI is InChI=1S/C12H22N2O/c1-8(2)11(9(3)4)7-14-12(15)10(5)6-13/h8-11H,7H2,1-5H3,(H,14,15). The smallest absolute Gasteiger partial charge is 0.237 e. The van der Waals surface area contributed by atoms with Crippen LogP contribution in [0.25, 0.3) is 0 Å². The minimum absolute atomic E-state index is 0.163. The molecule has 0 heterocycles. The normalized spacial score (nSPS) is 13.0. The number of carbonyl (C=O) groups excluding carboxylic acids is 1. The van der Waals surface area contributed by atoms with Crippen LogP contribution in [0.15, 0.2) is 0 Å². The molecule has 0 aliphatic heterocycles. The molecule has 0 spiro atoms. The number of nitrogens with one attached hydrogen (secondary N) is 1. The number of carbonyl (C=O) groups is 1. The van der Waals surface area contributed by atoms with E-state index in [9.17, 15) is 4.79 Å². The fraction of sp³-hybridized carbons (Fsp3) is 0.833. The summed E-state index contributed by atoms with van der Waals surface area (Å²) >= 11 is 0. The maximum atomic E-state index is 11.4. The van der Waals surface area contributed by atoms with Crippen molar-refractivity contribution < 1.29 is 4.79 Å². The van der Waals surface area contributed by atoms with Gasteiger partial charge in [0.15, 0.2) is 0 Å². The maximum Gasteiger partial charge on any atom is 0.237 e. The number of nitriles is 1. The molecule has 1 atom stereocenters. The molecule has 0 rings (SSSR count). The van der Waals surface area contributed by atoms with Crippen LogP contribution >= 0.6 is 0 Å². The first-order valence-electron chi connectivity index (χ1n) is 5.57. The van der Waals surface area contributed by atoms with Crippen LogP contribution in [0.2, 0.25) is 0 Å². The van der Waals surface area contributed by atoms with Crippen molar-refractivity contribution >= 4 is 5.91 Å². The molecule has 0 radical (unpaired) electrons. The number of hydrogen-bond acceptors (Lipinski definition) is 2. The first-order valence-corrected chi connectivity index (χ1v) is 5.57. The van der Waals surface area contributed by atoms with Gasteiger partial charge in [-0.25, -0.2) is 0 Å². The molecule has 1 unspecified atom stereocenters. The van der Waals surface area contributed by atoms with Crippen LogP contribution in [0.5, 0.6) is 0 Å². The van der Waals surface area contributed by atoms with E-state index in [4.69, 9.17) is 5.26 Å². The molecule has 0 aromatic heterocycles. The zero-order chi connectivity index (χ0) is 12.0. The van der Waals surface area contributed by atoms with Gasteiger partial charge in [0.25, 0.3) is 0 Å². The Labute approximate surface area is 92.9 Å². The summed E-state index contributed by atoms with van der Waals surface area (Å²) in [6.07, 6.45) is 0. The Morgan fingerprint density at radius 1 is 1.20 bits per heavy atom. The molecule has 0 bridgehead atoms. The van der Waals surface area contributed by atoms with Crippen LogP contribution in [-0.4, -0.2) is 12.5 Å². The molecule has 86 valence electrons. The van der Waals surface area contributed by atoms with Gasteiger partial charge in [0.2, 0.25) is 5.91 Å². The lowest BCUT2D eigenvalue weighted by molar-refractivity contribution is -0.123. The first-order chi connectivity index (χ1) is 6.90. The third kappa shape index (κ3) is 4.83. The Bertz CT molecular complexity index is 232. The van der Waals surface area contributed by atoms with Crippen LogP contribution in [0.4, 0.5) is 0 Å². The fourth-order valence-corrected chi connectivity index (χ4v) is 1.67. The summed E-state index contributed by atoms with van der Waals surface area (Å²) in [4.78, 5) is 11.4. The average Bonchev–Trinajstić information content (AvgIpc) is 2.15. The van der Waals surface area contributed by atoms with E-state index in [1.54, 1.807) is 6.92 Å². The molecule has 3 heteroatoms. The highest BCUT2D eigenvalue weighted by molar-refractivity contribution is 5.80. The van der Waals surface area contributed by atoms with Crippen molar-refractivity contribution in [2.24, 2.45) is 23.7 Å². The number of rotatable bonds is 5. The van der Waals surface area contributed by atoms with Crippen molar-refractivity contribution in [2.45, 2.75) is 34.6 Å². The van der Waals surface area contributed by atoms with Crippen LogP contribution in [0.3, 0.4) is 0 Å². The van der Waals surface area contributed by atoms with E-state index in [0.29, 0.717) is 24.3 Å². The average molecular weight is 210 g/mol. The summed E-state index contributed by atoms with van der Waals surface area (Å²) in [6, 6.07) is 1.93. The quantitative estimate of drug-likeness (QED) is 0.756. The Balaban J connectivity index is 4.13. The van der Waals surface area contributed by atoms with E-state index in [0.717, 1.165) is 0 Å². The van der Waals surface area contributed by atoms with E-state index in [-0.39, 0.29) is 5.91 Å². The summed E-state index contributed by atoms with van der Waals surface area (Å²) in [5.74, 6) is 0.846. The Kier molecular flexibility index (Phi) is 6.00. The lowest BCUT2D eigenvalue weighted by Crippen LogP contribution is -2.36. The Morgan fingerprint density at radius 3 is 2.00 bits per heavy atom. The van der Waals surface area contributed by atoms with Gasteiger partial charge in [-0.05, 0) is 24.7 Å². The van der Waals surface area contributed by atoms with Gasteiger partial charge in [-0.15, -0.1) is 0 Å². The van der Waals surface area contributed by atoms with Gasteiger partial charge in [-0.2, -0.15) is 5.26 Å². The molecule has 0 saturated carbocycles. The van der Waals surface area contributed by atoms with Gasteiger partial charge in [0, 0.05) is 6.54 Å². The van der Waals surface area contributed by atoms with Crippen molar-refractivity contribution in [3.05, 3.63) is 0 Å². The van der Waals surface area contributed by atoms with Crippen molar-refractivity contribution in [2.75, 3.05) is 6.54 Å². The van der Waals surface area contributed by atoms with E-state index in [2.05, 4.69) is 33.0 Å². The van der Waals surface area contributed by atoms with E-state index >= 15 is 0 Å². The predicted molar refractivity (Wildman–Crippen MR) is 61.0 cm³/mol. The van der Waals surface area contributed by atoms with Crippen molar-refractivity contribution in [3.8, 4) is 6.07 Å². The molecule has 0 aromatic rings. The molecule has 1 N–H and O–H groups in total. The molecule has 3 nitrogen and oxygen atoms in total. The SMILES string of the molecule is CC(C#N)C(=O)NCC(C(C)C)C(C)C. The Hall–Kier alpha value is -1.04. The summed E-state index contributed by atoms with van der Waals surface area (Å²) in [7, 11) is 0. The van der Waals surface area contributed by atoms with Gasteiger partial charge in [-0.3, -0.25) is 4.79 Å². The second-order valence-corrected chi connectivity index (χ2v) is 4.75. The van der Waals surface area contributed by atoms with Crippen molar-refractivity contribution in [1.29, 1.82) is 5.26 Å². The highest BCUT2D eigenvalue weighted by Gasteiger charge is 2.19. The lowest BCUT2D eigenvalue weighted by Gasteiger charge is -2.25. The largest absolute Gasteiger partial charge is 0.355 e. The summed E-state index contributed by atoms with van der Waals surface area (Å²) < 4.78 is 0. The molecule has 15 heavy (non-hydrogen) atoms. The maximum absolute atomic E-state index is 11.4. The van der Waals surface area contributed by atoms with Crippen LogP contribution < -0.4 is 5.32 Å². The lowest BCUT2D eigenvalue weighted by atomic mass is 9.85. The zero-order valence-corrected chi connectivity index (χ0v) is 10.4. The van der Waals surface area contributed by atoms with Crippen molar-refractivity contribution in [3.63, 3.8) is 0 Å². The monoisotopic (exact) mass is 210 g/mol. The minimum atomic E-state index is -0.551. The van der Waals surface area contributed by atoms with Gasteiger partial charge in [0.05, 0.1) is 6.07 Å². The topological polar surface area (TPSA) is 52.9 Å². The second-order valence-electron chi connectivity index (χ2n) is 4.75. The zero-order valence-electron chi connectivity index (χ0n) is 10.4. The molecule has 0 aliphatic rings. The van der Waals surface area contributed by atoms with Gasteiger partial charge in [-0.1, -0.05) is 27.7 Å². The number of hydrogen-bond donors (Lipinski definition) is 1. The number of amides is 1. The number of nitrogens with zero attached hydrogens (tertiary/aromatic N) is 1. The van der Waals surface area contributed by atoms with Crippen molar-refractivity contribution in [1.82, 2.24) is 5.32 Å². The Morgan fingerprint density at radius 2 is 1.67 bits per heavy atom. The van der Waals surface area contributed by atoms with Crippen LogP contribution in [0.1, 0.15) is 34.6 Å². The van der Waals surface area contributed by atoms with Crippen LogP contribution in [0, 0.1) is 35.0 Å². The van der Waals surface area contributed by atoms with Crippen LogP contribution in [-0.2, 0) is 4.79 Å². The molecule has 0 aliphatic carbocycles. The molecule has 0 saturated heterocycles. The highest BCUT2D eigenvalue weighted by atomic mass is 16.1. The third-order valence-electron chi connectivity index (χ3n) is 2.81. The van der Waals surface area contributed by atoms with E-state index < -0.39 is 5.92 Å². The molecule has 0 aromatic carbocycles. The highest BCUT2D eigenvalue weighted by Crippen LogP contribution is 2.19. The van der Waals surface area contributed by atoms with Gasteiger partial charge >= 0.3 is 0 Å². The molecular formula is C12H22N2O. The fourth-order valence-electron chi connectivity index (χ4n) is 1.67. The first kappa shape index (κ1) is 14.0. The molecule has 1 amide bonds.